The normalized spacial score (nSPS) is 10.9. The summed E-state index contributed by atoms with van der Waals surface area (Å²) in [6.45, 7) is 1.81. The molecule has 0 amide bonds. The smallest absolute Gasteiger partial charge is 0.148 e. The number of anilines is 2. The van der Waals surface area contributed by atoms with Gasteiger partial charge in [-0.25, -0.2) is 8.78 Å². The first kappa shape index (κ1) is 16.9. The molecule has 3 aromatic rings. The fourth-order valence-corrected chi connectivity index (χ4v) is 3.23. The minimum absolute atomic E-state index is 0.149. The number of para-hydroxylation sites is 1. The van der Waals surface area contributed by atoms with Crippen LogP contribution in [0.3, 0.4) is 0 Å². The quantitative estimate of drug-likeness (QED) is 0.586. The van der Waals surface area contributed by atoms with Crippen molar-refractivity contribution in [2.24, 2.45) is 7.05 Å². The first-order valence-corrected chi connectivity index (χ1v) is 8.26. The summed E-state index contributed by atoms with van der Waals surface area (Å²) in [6.07, 6.45) is 0. The van der Waals surface area contributed by atoms with E-state index < -0.39 is 5.82 Å². The molecule has 1 heterocycles. The molecule has 1 aromatic heterocycles. The summed E-state index contributed by atoms with van der Waals surface area (Å²) in [5.41, 5.74) is 2.12. The monoisotopic (exact) mass is 411 g/mol. The minimum atomic E-state index is -0.481. The molecule has 0 bridgehead atoms. The Bertz CT molecular complexity index is 904. The van der Waals surface area contributed by atoms with Crippen LogP contribution in [0.1, 0.15) is 5.69 Å². The molecule has 0 aliphatic heterocycles. The van der Waals surface area contributed by atoms with E-state index in [-0.39, 0.29) is 16.5 Å². The Morgan fingerprint density at radius 3 is 2.50 bits per heavy atom. The van der Waals surface area contributed by atoms with E-state index in [9.17, 15) is 8.78 Å². The third kappa shape index (κ3) is 2.91. The van der Waals surface area contributed by atoms with Crippen molar-refractivity contribution in [2.45, 2.75) is 6.92 Å². The lowest BCUT2D eigenvalue weighted by Gasteiger charge is -2.13. The largest absolute Gasteiger partial charge is 0.336 e. The molecule has 3 rings (SSSR count). The Morgan fingerprint density at radius 2 is 1.79 bits per heavy atom. The average molecular weight is 413 g/mol. The van der Waals surface area contributed by atoms with Crippen LogP contribution in [0.2, 0.25) is 5.02 Å². The van der Waals surface area contributed by atoms with Crippen molar-refractivity contribution >= 4 is 39.0 Å². The van der Waals surface area contributed by atoms with Crippen molar-refractivity contribution in [3.8, 4) is 11.1 Å². The van der Waals surface area contributed by atoms with Crippen LogP contribution in [0.25, 0.3) is 11.1 Å². The second kappa shape index (κ2) is 6.53. The molecule has 124 valence electrons. The molecular weight excluding hydrogens is 400 g/mol. The average Bonchev–Trinajstić information content (AvgIpc) is 2.80. The van der Waals surface area contributed by atoms with Gasteiger partial charge in [-0.1, -0.05) is 29.8 Å². The van der Waals surface area contributed by atoms with Crippen molar-refractivity contribution in [2.75, 3.05) is 5.32 Å². The fraction of sp³-hybridized carbons (Fsp3) is 0.118. The Hall–Kier alpha value is -1.92. The third-order valence-electron chi connectivity index (χ3n) is 3.65. The molecule has 3 nitrogen and oxygen atoms in total. The lowest BCUT2D eigenvalue weighted by Crippen LogP contribution is -2.02. The van der Waals surface area contributed by atoms with Crippen molar-refractivity contribution in [1.29, 1.82) is 0 Å². The number of aromatic nitrogens is 2. The Labute approximate surface area is 151 Å². The third-order valence-corrected chi connectivity index (χ3v) is 4.77. The first-order valence-electron chi connectivity index (χ1n) is 7.09. The molecule has 24 heavy (non-hydrogen) atoms. The van der Waals surface area contributed by atoms with Gasteiger partial charge in [0.1, 0.15) is 17.5 Å². The molecule has 0 aliphatic carbocycles. The van der Waals surface area contributed by atoms with E-state index in [4.69, 9.17) is 11.6 Å². The van der Waals surface area contributed by atoms with E-state index >= 15 is 0 Å². The second-order valence-electron chi connectivity index (χ2n) is 5.26. The van der Waals surface area contributed by atoms with Gasteiger partial charge in [0.2, 0.25) is 0 Å². The van der Waals surface area contributed by atoms with Crippen LogP contribution in [0.15, 0.2) is 40.9 Å². The van der Waals surface area contributed by atoms with Crippen LogP contribution in [-0.4, -0.2) is 9.78 Å². The van der Waals surface area contributed by atoms with Gasteiger partial charge in [-0.2, -0.15) is 5.10 Å². The first-order chi connectivity index (χ1) is 11.4. The van der Waals surface area contributed by atoms with Gasteiger partial charge in [-0.05, 0) is 41.1 Å². The fourth-order valence-electron chi connectivity index (χ4n) is 2.56. The van der Waals surface area contributed by atoms with Gasteiger partial charge in [0.15, 0.2) is 0 Å². The molecule has 0 saturated heterocycles. The molecule has 7 heteroatoms. The number of rotatable bonds is 3. The topological polar surface area (TPSA) is 29.9 Å². The second-order valence-corrected chi connectivity index (χ2v) is 6.46. The summed E-state index contributed by atoms with van der Waals surface area (Å²) < 4.78 is 29.9. The van der Waals surface area contributed by atoms with E-state index in [2.05, 4.69) is 26.3 Å². The van der Waals surface area contributed by atoms with Crippen LogP contribution in [-0.2, 0) is 7.05 Å². The lowest BCUT2D eigenvalue weighted by molar-refractivity contribution is 0.621. The molecule has 0 unspecified atom stereocenters. The number of aryl methyl sites for hydroxylation is 2. The van der Waals surface area contributed by atoms with Gasteiger partial charge >= 0.3 is 0 Å². The zero-order chi connectivity index (χ0) is 17.4. The highest BCUT2D eigenvalue weighted by Gasteiger charge is 2.20. The van der Waals surface area contributed by atoms with Crippen LogP contribution in [0, 0.1) is 18.6 Å². The highest BCUT2D eigenvalue weighted by Crippen LogP contribution is 2.39. The molecule has 1 N–H and O–H groups in total. The summed E-state index contributed by atoms with van der Waals surface area (Å²) in [5.74, 6) is -0.345. The molecule has 0 atom stereocenters. The van der Waals surface area contributed by atoms with Crippen molar-refractivity contribution < 1.29 is 8.78 Å². The van der Waals surface area contributed by atoms with Crippen molar-refractivity contribution in [1.82, 2.24) is 9.78 Å². The standard InChI is InChI=1S/C17H13BrClF2N3/c1-9-14(10-5-3-7-12(20)15(10)18)17(24(2)23-9)22-16-11(19)6-4-8-13(16)21/h3-8,22H,1-2H3. The number of hydrogen-bond acceptors (Lipinski definition) is 2. The van der Waals surface area contributed by atoms with Crippen molar-refractivity contribution in [3.05, 3.63) is 63.2 Å². The lowest BCUT2D eigenvalue weighted by atomic mass is 10.1. The SMILES string of the molecule is Cc1nn(C)c(Nc2c(F)cccc2Cl)c1-c1cccc(F)c1Br. The van der Waals surface area contributed by atoms with E-state index in [1.165, 1.54) is 18.2 Å². The van der Waals surface area contributed by atoms with E-state index in [0.29, 0.717) is 27.1 Å². The summed E-state index contributed by atoms with van der Waals surface area (Å²) in [6, 6.07) is 9.18. The maximum Gasteiger partial charge on any atom is 0.148 e. The van der Waals surface area contributed by atoms with Crippen LogP contribution in [0.4, 0.5) is 20.3 Å². The summed E-state index contributed by atoms with van der Waals surface area (Å²) in [5, 5.41) is 7.60. The Morgan fingerprint density at radius 1 is 1.12 bits per heavy atom. The van der Waals surface area contributed by atoms with Gasteiger partial charge in [0.25, 0.3) is 0 Å². The highest BCUT2D eigenvalue weighted by atomic mass is 79.9. The maximum atomic E-state index is 14.1. The molecule has 0 saturated carbocycles. The van der Waals surface area contributed by atoms with Gasteiger partial charge < -0.3 is 5.32 Å². The summed E-state index contributed by atoms with van der Waals surface area (Å²) in [4.78, 5) is 0. The molecule has 2 aromatic carbocycles. The van der Waals surface area contributed by atoms with Gasteiger partial charge in [0, 0.05) is 18.2 Å². The van der Waals surface area contributed by atoms with E-state index in [1.807, 2.05) is 0 Å². The van der Waals surface area contributed by atoms with Crippen LogP contribution in [0.5, 0.6) is 0 Å². The van der Waals surface area contributed by atoms with Gasteiger partial charge in [-0.3, -0.25) is 4.68 Å². The van der Waals surface area contributed by atoms with Crippen LogP contribution >= 0.6 is 27.5 Å². The number of halogens is 4. The Kier molecular flexibility index (Phi) is 4.60. The van der Waals surface area contributed by atoms with Crippen LogP contribution < -0.4 is 5.32 Å². The summed E-state index contributed by atoms with van der Waals surface area (Å²) in [7, 11) is 1.72. The molecule has 0 fully saturated rings. The maximum absolute atomic E-state index is 14.1. The zero-order valence-electron chi connectivity index (χ0n) is 12.9. The van der Waals surface area contributed by atoms with Gasteiger partial charge in [0.05, 0.1) is 20.9 Å². The number of nitrogens with one attached hydrogen (secondary N) is 1. The summed E-state index contributed by atoms with van der Waals surface area (Å²) >= 11 is 9.36. The minimum Gasteiger partial charge on any atom is -0.336 e. The number of benzene rings is 2. The molecule has 0 spiro atoms. The van der Waals surface area contributed by atoms with Gasteiger partial charge in [-0.15, -0.1) is 0 Å². The predicted octanol–water partition coefficient (Wildman–Crippen LogP) is 5.83. The van der Waals surface area contributed by atoms with E-state index in [1.54, 1.807) is 36.9 Å². The van der Waals surface area contributed by atoms with E-state index in [0.717, 1.165) is 0 Å². The number of hydrogen-bond donors (Lipinski definition) is 1. The number of nitrogens with zero attached hydrogens (tertiary/aromatic N) is 2. The molecule has 0 radical (unpaired) electrons. The molecular formula is C17H13BrClF2N3. The molecule has 0 aliphatic rings. The highest BCUT2D eigenvalue weighted by molar-refractivity contribution is 9.10. The zero-order valence-corrected chi connectivity index (χ0v) is 15.2. The Balaban J connectivity index is 2.18. The predicted molar refractivity (Wildman–Crippen MR) is 95.7 cm³/mol. The van der Waals surface area contributed by atoms with Crippen molar-refractivity contribution in [3.63, 3.8) is 0 Å².